The Hall–Kier alpha value is -2.58. The summed E-state index contributed by atoms with van der Waals surface area (Å²) in [5, 5.41) is 13.3. The molecule has 1 aliphatic rings. The molecule has 148 valence electrons. The minimum atomic E-state index is -4.55. The smallest absolute Gasteiger partial charge is 0.408 e. The van der Waals surface area contributed by atoms with Crippen LogP contribution in [0.1, 0.15) is 31.2 Å². The Labute approximate surface area is 154 Å². The van der Waals surface area contributed by atoms with Gasteiger partial charge in [-0.2, -0.15) is 13.2 Å². The highest BCUT2D eigenvalue weighted by Crippen LogP contribution is 2.28. The van der Waals surface area contributed by atoms with Crippen molar-refractivity contribution in [3.63, 3.8) is 0 Å². The van der Waals surface area contributed by atoms with Crippen molar-refractivity contribution in [1.82, 2.24) is 10.6 Å². The highest BCUT2D eigenvalue weighted by Gasteiger charge is 2.46. The van der Waals surface area contributed by atoms with E-state index in [9.17, 15) is 27.6 Å². The van der Waals surface area contributed by atoms with Crippen molar-refractivity contribution in [2.75, 3.05) is 0 Å². The van der Waals surface area contributed by atoms with Crippen molar-refractivity contribution < 1.29 is 32.7 Å². The number of hydrogen-bond donors (Lipinski definition) is 3. The molecule has 0 aromatic heterocycles. The normalized spacial score (nSPS) is 21.2. The second-order valence-electron chi connectivity index (χ2n) is 6.56. The van der Waals surface area contributed by atoms with Crippen molar-refractivity contribution >= 4 is 17.8 Å². The van der Waals surface area contributed by atoms with Crippen LogP contribution in [0.5, 0.6) is 0 Å². The number of carboxylic acids is 1. The Kier molecular flexibility index (Phi) is 6.81. The third kappa shape index (κ3) is 6.26. The van der Waals surface area contributed by atoms with Gasteiger partial charge < -0.3 is 15.7 Å². The number of carbonyl (C=O) groups is 3. The van der Waals surface area contributed by atoms with Crippen LogP contribution in [-0.4, -0.2) is 41.2 Å². The zero-order valence-corrected chi connectivity index (χ0v) is 14.5. The van der Waals surface area contributed by atoms with Gasteiger partial charge in [-0.25, -0.2) is 0 Å². The first kappa shape index (κ1) is 20.7. The van der Waals surface area contributed by atoms with Crippen LogP contribution in [0.3, 0.4) is 0 Å². The molecule has 1 fully saturated rings. The molecule has 1 heterocycles. The molecule has 27 heavy (non-hydrogen) atoms. The zero-order valence-electron chi connectivity index (χ0n) is 14.5. The average Bonchev–Trinajstić information content (AvgIpc) is 2.59. The van der Waals surface area contributed by atoms with E-state index in [-0.39, 0.29) is 25.7 Å². The summed E-state index contributed by atoms with van der Waals surface area (Å²) in [4.78, 5) is 35.2. The van der Waals surface area contributed by atoms with E-state index in [0.717, 1.165) is 5.56 Å². The van der Waals surface area contributed by atoms with E-state index in [1.807, 2.05) is 23.5 Å². The fourth-order valence-corrected chi connectivity index (χ4v) is 3.03. The lowest BCUT2D eigenvalue weighted by atomic mass is 9.92. The topological polar surface area (TPSA) is 95.5 Å². The summed E-state index contributed by atoms with van der Waals surface area (Å²) < 4.78 is 38.1. The molecule has 0 aliphatic carbocycles. The number of alkyl halides is 3. The van der Waals surface area contributed by atoms with Crippen molar-refractivity contribution in [3.05, 3.63) is 35.9 Å². The van der Waals surface area contributed by atoms with E-state index in [0.29, 0.717) is 6.42 Å². The minimum absolute atomic E-state index is 0.148. The minimum Gasteiger partial charge on any atom is -0.481 e. The molecule has 1 aromatic rings. The molecule has 0 saturated carbocycles. The molecule has 0 spiro atoms. The highest BCUT2D eigenvalue weighted by molar-refractivity contribution is 6.01. The summed E-state index contributed by atoms with van der Waals surface area (Å²) >= 11 is 0. The number of piperidine rings is 1. The fourth-order valence-electron chi connectivity index (χ4n) is 3.03. The second kappa shape index (κ2) is 8.88. The largest absolute Gasteiger partial charge is 0.481 e. The van der Waals surface area contributed by atoms with Gasteiger partial charge in [0, 0.05) is 12.5 Å². The lowest BCUT2D eigenvalue weighted by Crippen LogP contribution is -2.55. The average molecular weight is 386 g/mol. The first-order valence-corrected chi connectivity index (χ1v) is 8.60. The zero-order chi connectivity index (χ0) is 20.0. The first-order valence-electron chi connectivity index (χ1n) is 8.60. The van der Waals surface area contributed by atoms with Gasteiger partial charge in [-0.05, 0) is 31.2 Å². The first-order chi connectivity index (χ1) is 12.7. The summed E-state index contributed by atoms with van der Waals surface area (Å²) in [5.41, 5.74) is 0.874. The number of carboxylic acid groups (broad SMARTS) is 1. The van der Waals surface area contributed by atoms with Crippen molar-refractivity contribution in [3.8, 4) is 0 Å². The summed E-state index contributed by atoms with van der Waals surface area (Å²) in [6, 6.07) is 6.58. The predicted molar refractivity (Wildman–Crippen MR) is 89.7 cm³/mol. The number of rotatable bonds is 7. The van der Waals surface area contributed by atoms with Gasteiger partial charge in [0.2, 0.25) is 11.8 Å². The lowest BCUT2D eigenvalue weighted by molar-refractivity contribution is -0.171. The number of hydrogen-bond acceptors (Lipinski definition) is 3. The van der Waals surface area contributed by atoms with Crippen molar-refractivity contribution in [1.29, 1.82) is 0 Å². The fraction of sp³-hybridized carbons (Fsp3) is 0.500. The van der Waals surface area contributed by atoms with Crippen LogP contribution in [0.15, 0.2) is 30.3 Å². The number of benzene rings is 1. The standard InChI is InChI=1S/C18H21F3N2O4/c19-18(20,21)14-8-7-13(17(27)23-14)16(26)22-12(6-9-15(24)25)10-11-4-2-1-3-5-11/h1-5,12-14H,6-10H2,(H,22,26)(H,23,27)(H,24,25). The van der Waals surface area contributed by atoms with Gasteiger partial charge in [-0.3, -0.25) is 14.4 Å². The van der Waals surface area contributed by atoms with Crippen LogP contribution < -0.4 is 10.6 Å². The van der Waals surface area contributed by atoms with Gasteiger partial charge in [0.25, 0.3) is 0 Å². The van der Waals surface area contributed by atoms with Crippen molar-refractivity contribution in [2.24, 2.45) is 5.92 Å². The Balaban J connectivity index is 2.00. The quantitative estimate of drug-likeness (QED) is 0.625. The maximum atomic E-state index is 12.7. The molecular formula is C18H21F3N2O4. The summed E-state index contributed by atoms with van der Waals surface area (Å²) in [7, 11) is 0. The van der Waals surface area contributed by atoms with E-state index in [1.54, 1.807) is 12.1 Å². The van der Waals surface area contributed by atoms with Gasteiger partial charge in [-0.1, -0.05) is 30.3 Å². The molecule has 3 atom stereocenters. The van der Waals surface area contributed by atoms with E-state index in [1.165, 1.54) is 0 Å². The molecule has 1 aliphatic heterocycles. The SMILES string of the molecule is O=C(O)CCC(Cc1ccccc1)NC(=O)C1CCC(C(F)(F)F)NC1=O. The van der Waals surface area contributed by atoms with Crippen LogP contribution in [0, 0.1) is 5.92 Å². The lowest BCUT2D eigenvalue weighted by Gasteiger charge is -2.30. The molecule has 2 amide bonds. The molecule has 1 aromatic carbocycles. The number of carbonyl (C=O) groups excluding carboxylic acids is 2. The predicted octanol–water partition coefficient (Wildman–Crippen LogP) is 2.04. The molecule has 3 unspecified atom stereocenters. The Morgan fingerprint density at radius 3 is 2.44 bits per heavy atom. The number of nitrogens with one attached hydrogen (secondary N) is 2. The summed E-state index contributed by atoms with van der Waals surface area (Å²) in [5.74, 6) is -3.88. The van der Waals surface area contributed by atoms with Crippen LogP contribution in [0.25, 0.3) is 0 Å². The summed E-state index contributed by atoms with van der Waals surface area (Å²) in [6.45, 7) is 0. The van der Waals surface area contributed by atoms with Gasteiger partial charge in [0.15, 0.2) is 0 Å². The van der Waals surface area contributed by atoms with Crippen LogP contribution in [0.2, 0.25) is 0 Å². The monoisotopic (exact) mass is 386 g/mol. The third-order valence-electron chi connectivity index (χ3n) is 4.47. The van der Waals surface area contributed by atoms with E-state index in [2.05, 4.69) is 5.32 Å². The van der Waals surface area contributed by atoms with E-state index in [4.69, 9.17) is 5.11 Å². The Morgan fingerprint density at radius 1 is 1.22 bits per heavy atom. The Bertz CT molecular complexity index is 679. The molecule has 0 bridgehead atoms. The van der Waals surface area contributed by atoms with Gasteiger partial charge >= 0.3 is 12.1 Å². The summed E-state index contributed by atoms with van der Waals surface area (Å²) in [6.07, 6.45) is -4.79. The number of amides is 2. The van der Waals surface area contributed by atoms with Crippen LogP contribution in [-0.2, 0) is 20.8 Å². The van der Waals surface area contributed by atoms with Crippen LogP contribution in [0.4, 0.5) is 13.2 Å². The molecule has 2 rings (SSSR count). The third-order valence-corrected chi connectivity index (χ3v) is 4.47. The molecule has 0 radical (unpaired) electrons. The molecule has 3 N–H and O–H groups in total. The van der Waals surface area contributed by atoms with E-state index >= 15 is 0 Å². The molecular weight excluding hydrogens is 365 g/mol. The van der Waals surface area contributed by atoms with Gasteiger partial charge in [-0.15, -0.1) is 0 Å². The van der Waals surface area contributed by atoms with Gasteiger partial charge in [0.05, 0.1) is 0 Å². The van der Waals surface area contributed by atoms with Crippen molar-refractivity contribution in [2.45, 2.75) is 50.4 Å². The van der Waals surface area contributed by atoms with E-state index < -0.39 is 42.0 Å². The number of aliphatic carboxylic acids is 1. The van der Waals surface area contributed by atoms with Gasteiger partial charge in [0.1, 0.15) is 12.0 Å². The maximum absolute atomic E-state index is 12.7. The Morgan fingerprint density at radius 2 is 1.89 bits per heavy atom. The molecule has 9 heteroatoms. The highest BCUT2D eigenvalue weighted by atomic mass is 19.4. The molecule has 1 saturated heterocycles. The molecule has 6 nitrogen and oxygen atoms in total. The van der Waals surface area contributed by atoms with Crippen LogP contribution >= 0.6 is 0 Å². The number of halogens is 3. The second-order valence-corrected chi connectivity index (χ2v) is 6.56. The maximum Gasteiger partial charge on any atom is 0.408 e.